The number of nitrogens with one attached hydrogen (secondary N) is 2. The Balaban J connectivity index is 1.45. The predicted molar refractivity (Wildman–Crippen MR) is 81.7 cm³/mol. The molecule has 0 saturated carbocycles. The van der Waals surface area contributed by atoms with Gasteiger partial charge < -0.3 is 24.5 Å². The first-order chi connectivity index (χ1) is 11.4. The van der Waals surface area contributed by atoms with Gasteiger partial charge in [-0.15, -0.1) is 5.10 Å². The zero-order valence-electron chi connectivity index (χ0n) is 12.0. The third kappa shape index (κ3) is 3.00. The average molecular weight is 311 g/mol. The molecule has 1 aromatic carbocycles. The molecule has 0 spiro atoms. The van der Waals surface area contributed by atoms with Gasteiger partial charge in [0.1, 0.15) is 5.76 Å². The molecule has 8 heteroatoms. The van der Waals surface area contributed by atoms with E-state index in [0.29, 0.717) is 24.1 Å². The molecule has 8 nitrogen and oxygen atoms in total. The highest BCUT2D eigenvalue weighted by molar-refractivity contribution is 5.61. The number of ether oxygens (including phenoxy) is 2. The Kier molecular flexibility index (Phi) is 3.39. The molecule has 3 aromatic rings. The standard InChI is InChI=1S/C15H13N5O3/c1-2-11(21-5-1)7-16-15-19-14(8-17-20-15)18-10-3-4-12-13(6-10)23-9-22-12/h1-6,8H,7,9H2,(H2,16,18,19,20). The zero-order chi connectivity index (χ0) is 15.5. The second kappa shape index (κ2) is 5.84. The summed E-state index contributed by atoms with van der Waals surface area (Å²) in [6.07, 6.45) is 3.16. The number of rotatable bonds is 5. The van der Waals surface area contributed by atoms with Crippen molar-refractivity contribution in [2.75, 3.05) is 17.4 Å². The summed E-state index contributed by atoms with van der Waals surface area (Å²) in [6, 6.07) is 9.27. The Hall–Kier alpha value is -3.29. The van der Waals surface area contributed by atoms with Gasteiger partial charge in [0.15, 0.2) is 17.3 Å². The largest absolute Gasteiger partial charge is 0.467 e. The molecule has 3 heterocycles. The molecule has 4 rings (SSSR count). The molecule has 1 aliphatic rings. The van der Waals surface area contributed by atoms with Gasteiger partial charge in [-0.05, 0) is 24.3 Å². The molecular formula is C15H13N5O3. The van der Waals surface area contributed by atoms with Gasteiger partial charge in [-0.25, -0.2) is 0 Å². The van der Waals surface area contributed by atoms with E-state index < -0.39 is 0 Å². The van der Waals surface area contributed by atoms with Crippen molar-refractivity contribution in [2.24, 2.45) is 0 Å². The van der Waals surface area contributed by atoms with Crippen LogP contribution in [0.5, 0.6) is 11.5 Å². The van der Waals surface area contributed by atoms with Crippen LogP contribution in [0.15, 0.2) is 47.2 Å². The number of hydrogen-bond donors (Lipinski definition) is 2. The van der Waals surface area contributed by atoms with Gasteiger partial charge in [0, 0.05) is 11.8 Å². The van der Waals surface area contributed by atoms with Crippen LogP contribution in [0, 0.1) is 0 Å². The monoisotopic (exact) mass is 311 g/mol. The topological polar surface area (TPSA) is 94.3 Å². The fourth-order valence-electron chi connectivity index (χ4n) is 2.14. The van der Waals surface area contributed by atoms with E-state index in [-0.39, 0.29) is 6.79 Å². The fraction of sp³-hybridized carbons (Fsp3) is 0.133. The maximum atomic E-state index is 5.35. The average Bonchev–Trinajstić information content (AvgIpc) is 3.24. The van der Waals surface area contributed by atoms with E-state index in [2.05, 4.69) is 25.8 Å². The van der Waals surface area contributed by atoms with Crippen LogP contribution in [0.25, 0.3) is 0 Å². The summed E-state index contributed by atoms with van der Waals surface area (Å²) in [4.78, 5) is 4.35. The first-order valence-corrected chi connectivity index (χ1v) is 6.99. The Bertz CT molecular complexity index is 807. The van der Waals surface area contributed by atoms with Crippen LogP contribution >= 0.6 is 0 Å². The van der Waals surface area contributed by atoms with Crippen molar-refractivity contribution >= 4 is 17.5 Å². The highest BCUT2D eigenvalue weighted by atomic mass is 16.7. The molecule has 23 heavy (non-hydrogen) atoms. The number of benzene rings is 1. The number of hydrogen-bond acceptors (Lipinski definition) is 8. The predicted octanol–water partition coefficient (Wildman–Crippen LogP) is 2.55. The first-order valence-electron chi connectivity index (χ1n) is 6.99. The van der Waals surface area contributed by atoms with Crippen molar-refractivity contribution in [3.05, 3.63) is 48.6 Å². The lowest BCUT2D eigenvalue weighted by atomic mass is 10.3. The van der Waals surface area contributed by atoms with E-state index >= 15 is 0 Å². The van der Waals surface area contributed by atoms with E-state index in [0.717, 1.165) is 17.2 Å². The number of nitrogens with zero attached hydrogens (tertiary/aromatic N) is 3. The van der Waals surface area contributed by atoms with Gasteiger partial charge in [-0.1, -0.05) is 0 Å². The lowest BCUT2D eigenvalue weighted by Crippen LogP contribution is -2.05. The summed E-state index contributed by atoms with van der Waals surface area (Å²) in [7, 11) is 0. The number of anilines is 3. The van der Waals surface area contributed by atoms with Gasteiger partial charge in [-0.2, -0.15) is 10.1 Å². The first kappa shape index (κ1) is 13.4. The molecule has 0 saturated heterocycles. The van der Waals surface area contributed by atoms with Gasteiger partial charge in [0.2, 0.25) is 12.7 Å². The SMILES string of the molecule is c1coc(CNc2nncc(Nc3ccc4c(c3)OCO4)n2)c1. The molecule has 0 atom stereocenters. The van der Waals surface area contributed by atoms with Crippen LogP contribution in [0.2, 0.25) is 0 Å². The van der Waals surface area contributed by atoms with Crippen molar-refractivity contribution < 1.29 is 13.9 Å². The molecule has 116 valence electrons. The third-order valence-electron chi connectivity index (χ3n) is 3.20. The van der Waals surface area contributed by atoms with E-state index in [1.807, 2.05) is 30.3 Å². The van der Waals surface area contributed by atoms with E-state index in [1.54, 1.807) is 12.5 Å². The second-order valence-corrected chi connectivity index (χ2v) is 4.79. The van der Waals surface area contributed by atoms with E-state index in [9.17, 15) is 0 Å². The lowest BCUT2D eigenvalue weighted by molar-refractivity contribution is 0.174. The molecule has 0 aliphatic carbocycles. The fourth-order valence-corrected chi connectivity index (χ4v) is 2.14. The highest BCUT2D eigenvalue weighted by Crippen LogP contribution is 2.34. The van der Waals surface area contributed by atoms with E-state index in [1.165, 1.54) is 0 Å². The normalized spacial score (nSPS) is 12.2. The van der Waals surface area contributed by atoms with Crippen molar-refractivity contribution in [3.8, 4) is 11.5 Å². The van der Waals surface area contributed by atoms with Gasteiger partial charge in [-0.3, -0.25) is 0 Å². The quantitative estimate of drug-likeness (QED) is 0.742. The van der Waals surface area contributed by atoms with Crippen LogP contribution in [-0.4, -0.2) is 22.0 Å². The summed E-state index contributed by atoms with van der Waals surface area (Å²) in [5, 5.41) is 14.1. The summed E-state index contributed by atoms with van der Waals surface area (Å²) in [5.41, 5.74) is 0.826. The Morgan fingerprint density at radius 2 is 2.09 bits per heavy atom. The molecule has 0 fully saturated rings. The number of fused-ring (bicyclic) bond motifs is 1. The summed E-state index contributed by atoms with van der Waals surface area (Å²) in [5.74, 6) is 3.21. The minimum Gasteiger partial charge on any atom is -0.467 e. The molecule has 0 bridgehead atoms. The molecule has 0 radical (unpaired) electrons. The molecule has 0 unspecified atom stereocenters. The Morgan fingerprint density at radius 3 is 3.00 bits per heavy atom. The highest BCUT2D eigenvalue weighted by Gasteiger charge is 2.13. The molecule has 1 aliphatic heterocycles. The minimum atomic E-state index is 0.245. The molecule has 2 aromatic heterocycles. The molecule has 2 N–H and O–H groups in total. The van der Waals surface area contributed by atoms with Crippen LogP contribution in [0.1, 0.15) is 5.76 Å². The molecule has 0 amide bonds. The van der Waals surface area contributed by atoms with Crippen LogP contribution in [0.3, 0.4) is 0 Å². The van der Waals surface area contributed by atoms with Crippen molar-refractivity contribution in [2.45, 2.75) is 6.54 Å². The second-order valence-electron chi connectivity index (χ2n) is 4.79. The number of furan rings is 1. The summed E-state index contributed by atoms with van der Waals surface area (Å²) >= 11 is 0. The third-order valence-corrected chi connectivity index (χ3v) is 3.20. The van der Waals surface area contributed by atoms with Gasteiger partial charge in [0.05, 0.1) is 19.0 Å². The van der Waals surface area contributed by atoms with Crippen LogP contribution in [0.4, 0.5) is 17.5 Å². The van der Waals surface area contributed by atoms with Crippen molar-refractivity contribution in [1.82, 2.24) is 15.2 Å². The van der Waals surface area contributed by atoms with Crippen molar-refractivity contribution in [1.29, 1.82) is 0 Å². The van der Waals surface area contributed by atoms with Gasteiger partial charge in [0.25, 0.3) is 0 Å². The summed E-state index contributed by atoms with van der Waals surface area (Å²) < 4.78 is 15.9. The lowest BCUT2D eigenvalue weighted by Gasteiger charge is -2.07. The minimum absolute atomic E-state index is 0.245. The maximum Gasteiger partial charge on any atom is 0.245 e. The Morgan fingerprint density at radius 1 is 1.13 bits per heavy atom. The van der Waals surface area contributed by atoms with Crippen molar-refractivity contribution in [3.63, 3.8) is 0 Å². The van der Waals surface area contributed by atoms with Crippen LogP contribution in [-0.2, 0) is 6.54 Å². The summed E-state index contributed by atoms with van der Waals surface area (Å²) in [6.45, 7) is 0.733. The number of aromatic nitrogens is 3. The maximum absolute atomic E-state index is 5.35. The van der Waals surface area contributed by atoms with Crippen LogP contribution < -0.4 is 20.1 Å². The molecular weight excluding hydrogens is 298 g/mol. The zero-order valence-corrected chi connectivity index (χ0v) is 12.0. The smallest absolute Gasteiger partial charge is 0.245 e. The van der Waals surface area contributed by atoms with Gasteiger partial charge >= 0.3 is 0 Å². The Labute approximate surface area is 131 Å². The van der Waals surface area contributed by atoms with E-state index in [4.69, 9.17) is 13.9 Å².